The number of para-hydroxylation sites is 1. The summed E-state index contributed by atoms with van der Waals surface area (Å²) in [7, 11) is -8.28. The van der Waals surface area contributed by atoms with Crippen molar-refractivity contribution >= 4 is 53.3 Å². The zero-order chi connectivity index (χ0) is 35.2. The summed E-state index contributed by atoms with van der Waals surface area (Å²) in [5.74, 6) is -3.30. The van der Waals surface area contributed by atoms with E-state index in [0.717, 1.165) is 12.5 Å². The maximum Gasteiger partial charge on any atom is 0.359 e. The lowest BCUT2D eigenvalue weighted by Gasteiger charge is -2.46. The van der Waals surface area contributed by atoms with Crippen LogP contribution < -0.4 is 10.1 Å². The molecule has 254 valence electrons. The molecule has 2 atom stereocenters. The maximum atomic E-state index is 13.6. The van der Waals surface area contributed by atoms with Gasteiger partial charge >= 0.3 is 16.1 Å². The first kappa shape index (κ1) is 35.9. The number of nitro groups is 1. The molecular weight excluding hydrogens is 691 g/mol. The average molecular weight is 720 g/mol. The van der Waals surface area contributed by atoms with Gasteiger partial charge in [0.1, 0.15) is 29.5 Å². The number of nitrogens with one attached hydrogen (secondary N) is 1. The zero-order valence-corrected chi connectivity index (χ0v) is 28.0. The van der Waals surface area contributed by atoms with Gasteiger partial charge in [-0.1, -0.05) is 35.9 Å². The number of β-lactam (4-membered cyclic amide) rings is 1. The van der Waals surface area contributed by atoms with E-state index in [2.05, 4.69) is 5.32 Å². The summed E-state index contributed by atoms with van der Waals surface area (Å²) in [6, 6.07) is 17.6. The smallest absolute Gasteiger partial charge is 0.359 e. The van der Waals surface area contributed by atoms with Crippen LogP contribution in [-0.2, 0) is 48.9 Å². The highest BCUT2D eigenvalue weighted by atomic mass is 33.1. The van der Waals surface area contributed by atoms with E-state index >= 15 is 0 Å². The number of benzene rings is 3. The van der Waals surface area contributed by atoms with Crippen LogP contribution in [0, 0.1) is 17.0 Å². The molecule has 1 saturated heterocycles. The molecule has 3 aromatic rings. The standard InChI is InChI=1S/C30H29N3O12S3/c1-19-9-15-24(16-10-19)48(41,42)46-29-26(31-25(34)18-43-23-7-5-4-6-8-23)28(35)32(29)27(20(2)45-47(3,39)40)30(36)44-17-21-11-13-22(14-12-21)33(37)38/h4-16,26,29H,17-18H2,1-3H3,(H,31,34). The van der Waals surface area contributed by atoms with Crippen LogP contribution in [0.25, 0.3) is 0 Å². The summed E-state index contributed by atoms with van der Waals surface area (Å²) < 4.78 is 66.7. The van der Waals surface area contributed by atoms with Crippen LogP contribution >= 0.6 is 10.8 Å². The minimum atomic E-state index is -4.26. The molecule has 48 heavy (non-hydrogen) atoms. The first-order valence-electron chi connectivity index (χ1n) is 13.9. The predicted octanol–water partition coefficient (Wildman–Crippen LogP) is 3.01. The van der Waals surface area contributed by atoms with Gasteiger partial charge in [0.25, 0.3) is 17.5 Å². The van der Waals surface area contributed by atoms with Gasteiger partial charge in [-0.15, -0.1) is 0 Å². The van der Waals surface area contributed by atoms with Gasteiger partial charge in [0.15, 0.2) is 12.3 Å². The largest absolute Gasteiger partial charge is 0.484 e. The van der Waals surface area contributed by atoms with Crippen molar-refractivity contribution in [1.29, 1.82) is 0 Å². The highest BCUT2D eigenvalue weighted by molar-refractivity contribution is 8.72. The Labute approximate surface area is 279 Å². The van der Waals surface area contributed by atoms with E-state index in [0.29, 0.717) is 22.5 Å². The molecule has 0 bridgehead atoms. The van der Waals surface area contributed by atoms with Crippen LogP contribution in [0.5, 0.6) is 5.75 Å². The molecule has 0 aliphatic carbocycles. The Kier molecular flexibility index (Phi) is 11.1. The van der Waals surface area contributed by atoms with Crippen molar-refractivity contribution in [1.82, 2.24) is 10.2 Å². The third-order valence-electron chi connectivity index (χ3n) is 6.57. The fourth-order valence-corrected chi connectivity index (χ4v) is 8.31. The van der Waals surface area contributed by atoms with E-state index in [1.807, 2.05) is 0 Å². The number of carbonyl (C=O) groups excluding carboxylic acids is 3. The fraction of sp³-hybridized carbons (Fsp3) is 0.233. The second-order valence-corrected chi connectivity index (χ2v) is 15.8. The third-order valence-corrected chi connectivity index (χ3v) is 10.8. The number of esters is 1. The monoisotopic (exact) mass is 719 g/mol. The summed E-state index contributed by atoms with van der Waals surface area (Å²) in [5, 5.41) is 11.9. The second kappa shape index (κ2) is 14.9. The first-order chi connectivity index (χ1) is 22.6. The number of nitrogens with zero attached hydrogens (tertiary/aromatic N) is 2. The van der Waals surface area contributed by atoms with E-state index < -0.39 is 77.8 Å². The lowest BCUT2D eigenvalue weighted by atomic mass is 10.1. The molecular formula is C30H29N3O12S3. The van der Waals surface area contributed by atoms with Crippen LogP contribution in [0.4, 0.5) is 5.69 Å². The molecule has 1 aliphatic heterocycles. The summed E-state index contributed by atoms with van der Waals surface area (Å²) in [6.07, 6.45) is 0.693. The number of non-ortho nitro benzene ring substituents is 1. The lowest BCUT2D eigenvalue weighted by molar-refractivity contribution is -0.384. The molecule has 1 aliphatic rings. The number of amides is 2. The van der Waals surface area contributed by atoms with E-state index in [1.54, 1.807) is 49.4 Å². The maximum absolute atomic E-state index is 13.6. The van der Waals surface area contributed by atoms with Crippen molar-refractivity contribution in [2.45, 2.75) is 36.8 Å². The lowest BCUT2D eigenvalue weighted by Crippen LogP contribution is -2.70. The molecule has 0 saturated carbocycles. The normalized spacial score (nSPS) is 16.6. The molecule has 0 radical (unpaired) electrons. The van der Waals surface area contributed by atoms with Gasteiger partial charge < -0.3 is 19.0 Å². The Hall–Kier alpha value is -4.94. The third kappa shape index (κ3) is 9.11. The van der Waals surface area contributed by atoms with E-state index in [9.17, 15) is 41.3 Å². The number of allylic oxidation sites excluding steroid dienone is 1. The van der Waals surface area contributed by atoms with Gasteiger partial charge in [-0.3, -0.25) is 24.6 Å². The molecule has 0 aromatic heterocycles. The molecule has 2 unspecified atom stereocenters. The molecule has 18 heteroatoms. The van der Waals surface area contributed by atoms with Crippen molar-refractivity contribution in [3.05, 3.63) is 112 Å². The molecule has 2 amide bonds. The second-order valence-electron chi connectivity index (χ2n) is 10.3. The van der Waals surface area contributed by atoms with Crippen molar-refractivity contribution in [2.75, 3.05) is 12.9 Å². The van der Waals surface area contributed by atoms with E-state index in [1.165, 1.54) is 36.4 Å². The van der Waals surface area contributed by atoms with Crippen molar-refractivity contribution in [3.8, 4) is 5.75 Å². The molecule has 4 rings (SSSR count). The Balaban J connectivity index is 1.66. The number of ether oxygens (including phenoxy) is 2. The van der Waals surface area contributed by atoms with E-state index in [4.69, 9.17) is 13.7 Å². The van der Waals surface area contributed by atoms with Crippen LogP contribution in [-0.4, -0.2) is 68.7 Å². The van der Waals surface area contributed by atoms with Gasteiger partial charge in [-0.2, -0.15) is 8.42 Å². The molecule has 3 aromatic carbocycles. The minimum Gasteiger partial charge on any atom is -0.484 e. The number of nitro benzene ring substituents is 1. The van der Waals surface area contributed by atoms with Crippen LogP contribution in [0.1, 0.15) is 18.1 Å². The highest BCUT2D eigenvalue weighted by Gasteiger charge is 2.55. The molecule has 1 N–H and O–H groups in total. The minimum absolute atomic E-state index is 0.134. The average Bonchev–Trinajstić information content (AvgIpc) is 3.03. The molecule has 15 nitrogen and oxygen atoms in total. The Morgan fingerprint density at radius 3 is 2.19 bits per heavy atom. The molecule has 1 heterocycles. The van der Waals surface area contributed by atoms with Crippen LogP contribution in [0.3, 0.4) is 0 Å². The number of hydrogen-bond acceptors (Lipinski definition) is 13. The van der Waals surface area contributed by atoms with Crippen molar-refractivity contribution in [3.63, 3.8) is 0 Å². The summed E-state index contributed by atoms with van der Waals surface area (Å²) in [5.41, 5.74) is 0.125. The van der Waals surface area contributed by atoms with Crippen molar-refractivity contribution < 1.29 is 49.8 Å². The van der Waals surface area contributed by atoms with Gasteiger partial charge in [-0.05, 0) is 55.8 Å². The number of likely N-dealkylation sites (tertiary alicyclic amines) is 1. The Morgan fingerprint density at radius 1 is 0.979 bits per heavy atom. The van der Waals surface area contributed by atoms with Gasteiger partial charge in [-0.25, -0.2) is 13.2 Å². The first-order valence-corrected chi connectivity index (χ1v) is 18.6. The summed E-state index contributed by atoms with van der Waals surface area (Å²) in [4.78, 5) is 50.8. The van der Waals surface area contributed by atoms with Gasteiger partial charge in [0.05, 0.1) is 16.1 Å². The Morgan fingerprint density at radius 2 is 1.60 bits per heavy atom. The van der Waals surface area contributed by atoms with Crippen LogP contribution in [0.15, 0.2) is 95.2 Å². The summed E-state index contributed by atoms with van der Waals surface area (Å²) >= 11 is 0. The Bertz CT molecular complexity index is 1950. The highest BCUT2D eigenvalue weighted by Crippen LogP contribution is 2.40. The number of hydrogen-bond donors (Lipinski definition) is 1. The number of carbonyl (C=O) groups is 3. The molecule has 0 spiro atoms. The van der Waals surface area contributed by atoms with Gasteiger partial charge in [0.2, 0.25) is 8.87 Å². The number of aryl methyl sites for hydroxylation is 1. The zero-order valence-electron chi connectivity index (χ0n) is 25.6. The van der Waals surface area contributed by atoms with E-state index in [-0.39, 0.29) is 21.4 Å². The topological polar surface area (TPSA) is 206 Å². The quantitative estimate of drug-likeness (QED) is 0.0372. The predicted molar refractivity (Wildman–Crippen MR) is 172 cm³/mol. The SMILES string of the molecule is CC(OS(C)(=O)=O)=C(C(=O)OCc1ccc([N+](=O)[O-])cc1)N1C(=O)C(NC(=O)COc2ccccc2)C1SS(=O)(=O)c1ccc(C)cc1. The fourth-order valence-electron chi connectivity index (χ4n) is 4.31. The van der Waals surface area contributed by atoms with Crippen molar-refractivity contribution in [2.24, 2.45) is 0 Å². The summed E-state index contributed by atoms with van der Waals surface area (Å²) in [6.45, 7) is 1.81. The van der Waals surface area contributed by atoms with Crippen LogP contribution in [0.2, 0.25) is 0 Å². The number of rotatable bonds is 14. The molecule has 1 fully saturated rings. The van der Waals surface area contributed by atoms with Gasteiger partial charge in [0, 0.05) is 22.9 Å².